The molecular weight excluding hydrogens is 454 g/mol. The lowest BCUT2D eigenvalue weighted by atomic mass is 9.64. The van der Waals surface area contributed by atoms with Crippen molar-refractivity contribution in [3.05, 3.63) is 60.4 Å². The van der Waals surface area contributed by atoms with E-state index in [4.69, 9.17) is 15.2 Å². The second kappa shape index (κ2) is 7.73. The summed E-state index contributed by atoms with van der Waals surface area (Å²) in [7, 11) is -2.99. The third-order valence-electron chi connectivity index (χ3n) is 6.93. The Morgan fingerprint density at radius 3 is 2.44 bits per heavy atom. The molecule has 0 spiro atoms. The van der Waals surface area contributed by atoms with Gasteiger partial charge in [0.1, 0.15) is 0 Å². The van der Waals surface area contributed by atoms with Gasteiger partial charge in [-0.05, 0) is 30.4 Å². The molecule has 1 aromatic carbocycles. The molecule has 3 aromatic heterocycles. The molecule has 1 saturated carbocycles. The van der Waals surface area contributed by atoms with Crippen LogP contribution in [0.3, 0.4) is 0 Å². The Balaban J connectivity index is 1.26. The molecule has 1 aliphatic carbocycles. The molecule has 1 unspecified atom stereocenters. The first-order valence-corrected chi connectivity index (χ1v) is 13.0. The van der Waals surface area contributed by atoms with Crippen molar-refractivity contribution >= 4 is 15.8 Å². The average molecular weight is 478 g/mol. The van der Waals surface area contributed by atoms with Gasteiger partial charge in [0.2, 0.25) is 5.95 Å². The topological polar surface area (TPSA) is 143 Å². The van der Waals surface area contributed by atoms with Crippen LogP contribution in [0.1, 0.15) is 43.1 Å². The van der Waals surface area contributed by atoms with E-state index in [2.05, 4.69) is 32.4 Å². The number of nitrogens with two attached hydrogens (primary N) is 1. The summed E-state index contributed by atoms with van der Waals surface area (Å²) in [5.41, 5.74) is 9.04. The van der Waals surface area contributed by atoms with Gasteiger partial charge in [-0.3, -0.25) is 4.68 Å². The number of benzene rings is 1. The zero-order valence-electron chi connectivity index (χ0n) is 18.3. The Morgan fingerprint density at radius 2 is 1.79 bits per heavy atom. The predicted molar refractivity (Wildman–Crippen MR) is 124 cm³/mol. The van der Waals surface area contributed by atoms with Crippen LogP contribution in [0.15, 0.2) is 53.6 Å². The highest BCUT2D eigenvalue weighted by atomic mass is 32.2. The van der Waals surface area contributed by atoms with Crippen molar-refractivity contribution in [1.29, 1.82) is 0 Å². The number of hydrogen-bond acceptors (Lipinski definition) is 9. The minimum absolute atomic E-state index is 0.116. The highest BCUT2D eigenvalue weighted by Gasteiger charge is 2.44. The van der Waals surface area contributed by atoms with Crippen LogP contribution in [0.25, 0.3) is 22.6 Å². The summed E-state index contributed by atoms with van der Waals surface area (Å²) < 4.78 is 30.9. The minimum atomic E-state index is -2.99. The van der Waals surface area contributed by atoms with E-state index in [0.29, 0.717) is 23.7 Å². The van der Waals surface area contributed by atoms with Gasteiger partial charge in [0, 0.05) is 24.2 Å². The van der Waals surface area contributed by atoms with Gasteiger partial charge in [-0.2, -0.15) is 10.1 Å². The fourth-order valence-electron chi connectivity index (χ4n) is 4.81. The van der Waals surface area contributed by atoms with E-state index in [1.54, 1.807) is 29.5 Å². The summed E-state index contributed by atoms with van der Waals surface area (Å²) in [5.74, 6) is 1.62. The van der Waals surface area contributed by atoms with E-state index < -0.39 is 9.84 Å². The van der Waals surface area contributed by atoms with Crippen LogP contribution < -0.4 is 5.73 Å². The van der Waals surface area contributed by atoms with Gasteiger partial charge in [0.05, 0.1) is 34.7 Å². The summed E-state index contributed by atoms with van der Waals surface area (Å²) in [5, 5.41) is 8.68. The van der Waals surface area contributed by atoms with Crippen molar-refractivity contribution in [2.24, 2.45) is 0 Å². The fraction of sp³-hybridized carbons (Fsp3) is 0.348. The second-order valence-electron chi connectivity index (χ2n) is 9.03. The van der Waals surface area contributed by atoms with Gasteiger partial charge in [-0.1, -0.05) is 35.8 Å². The first-order chi connectivity index (χ1) is 16.4. The molecule has 1 atom stereocenters. The largest absolute Gasteiger partial charge is 0.368 e. The molecule has 6 rings (SSSR count). The molecule has 2 N–H and O–H groups in total. The van der Waals surface area contributed by atoms with E-state index in [1.165, 1.54) is 0 Å². The monoisotopic (exact) mass is 477 g/mol. The van der Waals surface area contributed by atoms with E-state index in [1.807, 2.05) is 12.1 Å². The van der Waals surface area contributed by atoms with Crippen molar-refractivity contribution in [3.8, 4) is 22.6 Å². The second-order valence-corrected chi connectivity index (χ2v) is 11.3. The zero-order chi connectivity index (χ0) is 23.3. The Hall–Kier alpha value is -3.60. The minimum Gasteiger partial charge on any atom is -0.368 e. The summed E-state index contributed by atoms with van der Waals surface area (Å²) in [4.78, 5) is 12.9. The van der Waals surface area contributed by atoms with Crippen molar-refractivity contribution in [1.82, 2.24) is 29.9 Å². The van der Waals surface area contributed by atoms with Crippen LogP contribution in [-0.2, 0) is 15.3 Å². The summed E-state index contributed by atoms with van der Waals surface area (Å²) >= 11 is 0. The summed E-state index contributed by atoms with van der Waals surface area (Å²) in [6.45, 7) is 0. The maximum Gasteiger partial charge on any atom is 0.261 e. The van der Waals surface area contributed by atoms with Gasteiger partial charge in [0.15, 0.2) is 15.7 Å². The summed E-state index contributed by atoms with van der Waals surface area (Å²) in [6.07, 6.45) is 10.4. The molecule has 1 aliphatic heterocycles. The summed E-state index contributed by atoms with van der Waals surface area (Å²) in [6, 6.07) is 8.14. The van der Waals surface area contributed by atoms with Gasteiger partial charge >= 0.3 is 0 Å². The van der Waals surface area contributed by atoms with Crippen LogP contribution >= 0.6 is 0 Å². The molecule has 0 radical (unpaired) electrons. The van der Waals surface area contributed by atoms with Crippen LogP contribution in [0.4, 0.5) is 5.95 Å². The number of anilines is 1. The molecule has 2 fully saturated rings. The van der Waals surface area contributed by atoms with Crippen LogP contribution in [0.2, 0.25) is 0 Å². The normalized spacial score (nSPS) is 20.8. The quantitative estimate of drug-likeness (QED) is 0.459. The molecule has 10 nitrogen and oxygen atoms in total. The van der Waals surface area contributed by atoms with Crippen molar-refractivity contribution in [2.45, 2.75) is 37.1 Å². The standard InChI is InChI=1S/C23H23N7O3S/c24-22-25-10-16(11-26-22)15-2-4-18(5-3-15)23(7-1-8-23)21-28-20(33-29-21)17-12-27-30(13-17)19-6-9-34(31,32)14-19/h2-5,10-13,19H,1,6-9,14H2,(H2,24,25,26). The van der Waals surface area contributed by atoms with Crippen LogP contribution in [0.5, 0.6) is 0 Å². The van der Waals surface area contributed by atoms with E-state index >= 15 is 0 Å². The Kier molecular flexibility index (Phi) is 4.76. The lowest BCUT2D eigenvalue weighted by Crippen LogP contribution is -2.36. The molecule has 4 heterocycles. The average Bonchev–Trinajstić information content (AvgIpc) is 3.54. The number of sulfone groups is 1. The SMILES string of the molecule is Nc1ncc(-c2ccc(C3(c4noc(-c5cnn(C6CCS(=O)(=O)C6)c5)n4)CCC3)cc2)cn1. The third kappa shape index (κ3) is 3.56. The molecule has 34 heavy (non-hydrogen) atoms. The molecule has 174 valence electrons. The van der Waals surface area contributed by atoms with Crippen molar-refractivity contribution in [3.63, 3.8) is 0 Å². The van der Waals surface area contributed by atoms with E-state index in [-0.39, 0.29) is 28.9 Å². The lowest BCUT2D eigenvalue weighted by Gasteiger charge is -2.39. The van der Waals surface area contributed by atoms with Gasteiger partial charge in [-0.25, -0.2) is 18.4 Å². The molecule has 0 amide bonds. The van der Waals surface area contributed by atoms with Crippen molar-refractivity contribution < 1.29 is 12.9 Å². The van der Waals surface area contributed by atoms with Crippen LogP contribution in [0, 0.1) is 0 Å². The maximum absolute atomic E-state index is 11.8. The third-order valence-corrected chi connectivity index (χ3v) is 8.69. The fourth-order valence-corrected chi connectivity index (χ4v) is 6.51. The predicted octanol–water partition coefficient (Wildman–Crippen LogP) is 2.80. The lowest BCUT2D eigenvalue weighted by molar-refractivity contribution is 0.273. The molecular formula is C23H23N7O3S. The number of rotatable bonds is 5. The van der Waals surface area contributed by atoms with Gasteiger partial charge in [-0.15, -0.1) is 0 Å². The molecule has 0 bridgehead atoms. The first-order valence-electron chi connectivity index (χ1n) is 11.2. The van der Waals surface area contributed by atoms with E-state index in [0.717, 1.165) is 36.0 Å². The Morgan fingerprint density at radius 1 is 1.03 bits per heavy atom. The van der Waals surface area contributed by atoms with E-state index in [9.17, 15) is 8.42 Å². The number of nitrogen functional groups attached to an aromatic ring is 1. The highest BCUT2D eigenvalue weighted by molar-refractivity contribution is 7.91. The highest BCUT2D eigenvalue weighted by Crippen LogP contribution is 2.48. The number of hydrogen-bond donors (Lipinski definition) is 1. The van der Waals surface area contributed by atoms with Crippen molar-refractivity contribution in [2.75, 3.05) is 17.2 Å². The molecule has 4 aromatic rings. The molecule has 1 saturated heterocycles. The smallest absolute Gasteiger partial charge is 0.261 e. The molecule has 2 aliphatic rings. The number of nitrogens with zero attached hydrogens (tertiary/aromatic N) is 6. The zero-order valence-corrected chi connectivity index (χ0v) is 19.1. The van der Waals surface area contributed by atoms with Gasteiger partial charge in [0.25, 0.3) is 5.89 Å². The number of aromatic nitrogens is 6. The Labute approximate surface area is 196 Å². The first kappa shape index (κ1) is 21.0. The maximum atomic E-state index is 11.8. The van der Waals surface area contributed by atoms with Gasteiger partial charge < -0.3 is 10.3 Å². The molecule has 11 heteroatoms. The van der Waals surface area contributed by atoms with Crippen LogP contribution in [-0.4, -0.2) is 49.8 Å². The Bertz CT molecular complexity index is 1440.